The van der Waals surface area contributed by atoms with Crippen LogP contribution >= 0.6 is 0 Å². The van der Waals surface area contributed by atoms with Crippen LogP contribution in [0.3, 0.4) is 0 Å². The Balaban J connectivity index is 1.94. The molecule has 0 spiro atoms. The lowest BCUT2D eigenvalue weighted by atomic mass is 9.85. The van der Waals surface area contributed by atoms with E-state index >= 15 is 0 Å². The quantitative estimate of drug-likeness (QED) is 0.912. The van der Waals surface area contributed by atoms with Gasteiger partial charge in [-0.15, -0.1) is 0 Å². The van der Waals surface area contributed by atoms with Crippen molar-refractivity contribution in [2.45, 2.75) is 25.3 Å². The molecule has 2 nitrogen and oxygen atoms in total. The van der Waals surface area contributed by atoms with Gasteiger partial charge in [-0.05, 0) is 24.5 Å². The SMILES string of the molecule is CC(N)(Cc1ccccc1)c1cccc2c1OCC2. The zero-order valence-electron chi connectivity index (χ0n) is 11.2. The van der Waals surface area contributed by atoms with Crippen LogP contribution in [0.15, 0.2) is 48.5 Å². The van der Waals surface area contributed by atoms with Crippen molar-refractivity contribution in [3.63, 3.8) is 0 Å². The molecule has 2 aromatic rings. The maximum Gasteiger partial charge on any atom is 0.127 e. The molecule has 2 N–H and O–H groups in total. The van der Waals surface area contributed by atoms with Crippen molar-refractivity contribution in [1.82, 2.24) is 0 Å². The van der Waals surface area contributed by atoms with Crippen LogP contribution in [0.2, 0.25) is 0 Å². The Bertz CT molecular complexity index is 575. The minimum absolute atomic E-state index is 0.406. The van der Waals surface area contributed by atoms with E-state index in [9.17, 15) is 0 Å². The summed E-state index contributed by atoms with van der Waals surface area (Å²) in [5.74, 6) is 1.00. The van der Waals surface area contributed by atoms with Gasteiger partial charge in [0.25, 0.3) is 0 Å². The van der Waals surface area contributed by atoms with Gasteiger partial charge in [0.1, 0.15) is 5.75 Å². The number of nitrogens with two attached hydrogens (primary N) is 1. The molecule has 0 amide bonds. The van der Waals surface area contributed by atoms with E-state index in [4.69, 9.17) is 10.5 Å². The first-order valence-corrected chi connectivity index (χ1v) is 6.75. The summed E-state index contributed by atoms with van der Waals surface area (Å²) in [6, 6.07) is 16.7. The zero-order chi connectivity index (χ0) is 13.3. The molecule has 1 aliphatic rings. The molecule has 0 fully saturated rings. The average Bonchev–Trinajstić information content (AvgIpc) is 2.87. The summed E-state index contributed by atoms with van der Waals surface area (Å²) >= 11 is 0. The van der Waals surface area contributed by atoms with E-state index in [0.717, 1.165) is 30.8 Å². The lowest BCUT2D eigenvalue weighted by Gasteiger charge is -2.27. The fourth-order valence-corrected chi connectivity index (χ4v) is 2.78. The molecule has 1 heterocycles. The molecule has 19 heavy (non-hydrogen) atoms. The Kier molecular flexibility index (Phi) is 3.03. The van der Waals surface area contributed by atoms with Crippen molar-refractivity contribution in [2.75, 3.05) is 6.61 Å². The first-order chi connectivity index (χ1) is 9.17. The summed E-state index contributed by atoms with van der Waals surface area (Å²) in [5.41, 5.74) is 9.81. The minimum atomic E-state index is -0.406. The minimum Gasteiger partial charge on any atom is -0.493 e. The predicted molar refractivity (Wildman–Crippen MR) is 77.3 cm³/mol. The van der Waals surface area contributed by atoms with E-state index in [1.807, 2.05) is 6.07 Å². The monoisotopic (exact) mass is 253 g/mol. The molecule has 0 aliphatic carbocycles. The summed E-state index contributed by atoms with van der Waals surface area (Å²) in [7, 11) is 0. The van der Waals surface area contributed by atoms with Gasteiger partial charge in [-0.25, -0.2) is 0 Å². The molecule has 1 unspecified atom stereocenters. The molecule has 2 aromatic carbocycles. The summed E-state index contributed by atoms with van der Waals surface area (Å²) in [4.78, 5) is 0. The fourth-order valence-electron chi connectivity index (χ4n) is 2.78. The Morgan fingerprint density at radius 2 is 1.89 bits per heavy atom. The number of rotatable bonds is 3. The van der Waals surface area contributed by atoms with Crippen molar-refractivity contribution in [1.29, 1.82) is 0 Å². The van der Waals surface area contributed by atoms with Crippen LogP contribution in [0.4, 0.5) is 0 Å². The summed E-state index contributed by atoms with van der Waals surface area (Å²) < 4.78 is 5.77. The van der Waals surface area contributed by atoms with E-state index in [-0.39, 0.29) is 0 Å². The van der Waals surface area contributed by atoms with Gasteiger partial charge in [0, 0.05) is 17.5 Å². The molecule has 1 atom stereocenters. The third-order valence-electron chi connectivity index (χ3n) is 3.74. The maximum absolute atomic E-state index is 6.56. The summed E-state index contributed by atoms with van der Waals surface area (Å²) in [6.45, 7) is 2.85. The van der Waals surface area contributed by atoms with Crippen molar-refractivity contribution in [2.24, 2.45) is 5.73 Å². The van der Waals surface area contributed by atoms with Gasteiger partial charge in [-0.1, -0.05) is 48.5 Å². The van der Waals surface area contributed by atoms with Crippen LogP contribution in [0.25, 0.3) is 0 Å². The first-order valence-electron chi connectivity index (χ1n) is 6.75. The topological polar surface area (TPSA) is 35.2 Å². The van der Waals surface area contributed by atoms with Crippen LogP contribution in [-0.2, 0) is 18.4 Å². The molecule has 0 saturated heterocycles. The summed E-state index contributed by atoms with van der Waals surface area (Å²) in [5, 5.41) is 0. The average molecular weight is 253 g/mol. The van der Waals surface area contributed by atoms with Gasteiger partial charge in [-0.3, -0.25) is 0 Å². The van der Waals surface area contributed by atoms with Gasteiger partial charge in [0.2, 0.25) is 0 Å². The van der Waals surface area contributed by atoms with Crippen molar-refractivity contribution in [3.8, 4) is 5.75 Å². The number of fused-ring (bicyclic) bond motifs is 1. The lowest BCUT2D eigenvalue weighted by molar-refractivity contribution is 0.342. The second kappa shape index (κ2) is 4.71. The molecular formula is C17H19NO. The highest BCUT2D eigenvalue weighted by atomic mass is 16.5. The fraction of sp³-hybridized carbons (Fsp3) is 0.294. The Morgan fingerprint density at radius 1 is 1.11 bits per heavy atom. The van der Waals surface area contributed by atoms with E-state index in [2.05, 4.69) is 49.4 Å². The molecule has 1 aliphatic heterocycles. The largest absolute Gasteiger partial charge is 0.493 e. The van der Waals surface area contributed by atoms with Crippen LogP contribution in [-0.4, -0.2) is 6.61 Å². The highest BCUT2D eigenvalue weighted by Crippen LogP contribution is 2.36. The number of benzene rings is 2. The van der Waals surface area contributed by atoms with Gasteiger partial charge >= 0.3 is 0 Å². The normalized spacial score (nSPS) is 16.5. The number of hydrogen-bond donors (Lipinski definition) is 1. The Morgan fingerprint density at radius 3 is 2.68 bits per heavy atom. The van der Waals surface area contributed by atoms with Gasteiger partial charge in [0.05, 0.1) is 6.61 Å². The zero-order valence-corrected chi connectivity index (χ0v) is 11.2. The second-order valence-corrected chi connectivity index (χ2v) is 5.47. The van der Waals surface area contributed by atoms with E-state index in [1.165, 1.54) is 11.1 Å². The predicted octanol–water partition coefficient (Wildman–Crippen LogP) is 3.04. The van der Waals surface area contributed by atoms with Crippen molar-refractivity contribution in [3.05, 3.63) is 65.2 Å². The van der Waals surface area contributed by atoms with Gasteiger partial charge < -0.3 is 10.5 Å². The number of ether oxygens (including phenoxy) is 1. The highest BCUT2D eigenvalue weighted by Gasteiger charge is 2.28. The molecule has 2 heteroatoms. The van der Waals surface area contributed by atoms with E-state index in [1.54, 1.807) is 0 Å². The molecule has 3 rings (SSSR count). The van der Waals surface area contributed by atoms with Crippen LogP contribution in [0.1, 0.15) is 23.6 Å². The molecule has 0 bridgehead atoms. The van der Waals surface area contributed by atoms with Crippen LogP contribution in [0.5, 0.6) is 5.75 Å². The van der Waals surface area contributed by atoms with E-state index < -0.39 is 5.54 Å². The summed E-state index contributed by atoms with van der Waals surface area (Å²) in [6.07, 6.45) is 1.80. The molecule has 98 valence electrons. The second-order valence-electron chi connectivity index (χ2n) is 5.47. The number of para-hydroxylation sites is 1. The smallest absolute Gasteiger partial charge is 0.127 e. The lowest BCUT2D eigenvalue weighted by Crippen LogP contribution is -2.35. The third kappa shape index (κ3) is 2.36. The number of hydrogen-bond acceptors (Lipinski definition) is 2. The van der Waals surface area contributed by atoms with Crippen LogP contribution < -0.4 is 10.5 Å². The highest BCUT2D eigenvalue weighted by molar-refractivity contribution is 5.47. The maximum atomic E-state index is 6.56. The molecule has 0 radical (unpaired) electrons. The van der Waals surface area contributed by atoms with Gasteiger partial charge in [0.15, 0.2) is 0 Å². The Labute approximate surface area is 114 Å². The van der Waals surface area contributed by atoms with Crippen molar-refractivity contribution >= 4 is 0 Å². The van der Waals surface area contributed by atoms with E-state index in [0.29, 0.717) is 0 Å². The Hall–Kier alpha value is -1.80. The molecule has 0 aromatic heterocycles. The third-order valence-corrected chi connectivity index (χ3v) is 3.74. The first kappa shape index (κ1) is 12.2. The standard InChI is InChI=1S/C17H19NO/c1-17(18,12-13-6-3-2-4-7-13)15-9-5-8-14-10-11-19-16(14)15/h2-9H,10-12,18H2,1H3. The molecular weight excluding hydrogens is 234 g/mol. The van der Waals surface area contributed by atoms with Gasteiger partial charge in [-0.2, -0.15) is 0 Å². The van der Waals surface area contributed by atoms with Crippen molar-refractivity contribution < 1.29 is 4.74 Å². The van der Waals surface area contributed by atoms with Crippen LogP contribution in [0, 0.1) is 0 Å². The molecule has 0 saturated carbocycles.